The number of hydrogen-bond acceptors (Lipinski definition) is 8. The maximum atomic E-state index is 11.8. The number of aromatic nitrogens is 2. The molecule has 0 spiro atoms. The first-order valence-corrected chi connectivity index (χ1v) is 10.9. The third-order valence-corrected chi connectivity index (χ3v) is 5.46. The van der Waals surface area contributed by atoms with Crippen molar-refractivity contribution >= 4 is 45.9 Å². The number of para-hydroxylation sites is 1. The molecule has 0 bridgehead atoms. The molecule has 2 aromatic carbocycles. The van der Waals surface area contributed by atoms with Crippen LogP contribution in [0.15, 0.2) is 58.9 Å². The highest BCUT2D eigenvalue weighted by Crippen LogP contribution is 2.29. The summed E-state index contributed by atoms with van der Waals surface area (Å²) in [7, 11) is 0. The van der Waals surface area contributed by atoms with Gasteiger partial charge < -0.3 is 15.4 Å². The maximum absolute atomic E-state index is 11.8. The number of carbonyl (C=O) groups excluding carboxylic acids is 2. The Kier molecular flexibility index (Phi) is 7.63. The number of benzene rings is 2. The van der Waals surface area contributed by atoms with Crippen molar-refractivity contribution in [3.8, 4) is 11.5 Å². The lowest BCUT2D eigenvalue weighted by atomic mass is 10.3. The Morgan fingerprint density at radius 3 is 2.43 bits per heavy atom. The standard InChI is InChI=1S/C20H21N5O3S2/c1-13(2)21-18(27)23-17(26)12-29-20-25-24-19(30-20)22-14-8-10-16(11-9-14)28-15-6-4-3-5-7-15/h3-11,13H,12H2,1-2H3,(H,22,24)(H2,21,23,26,27). The zero-order valence-corrected chi connectivity index (χ0v) is 18.0. The van der Waals surface area contributed by atoms with Gasteiger partial charge in [0.2, 0.25) is 11.0 Å². The molecule has 0 atom stereocenters. The largest absolute Gasteiger partial charge is 0.457 e. The summed E-state index contributed by atoms with van der Waals surface area (Å²) in [6.07, 6.45) is 0. The van der Waals surface area contributed by atoms with Gasteiger partial charge in [0.25, 0.3) is 0 Å². The minimum Gasteiger partial charge on any atom is -0.457 e. The van der Waals surface area contributed by atoms with E-state index in [1.165, 1.54) is 23.1 Å². The van der Waals surface area contributed by atoms with E-state index in [0.29, 0.717) is 9.47 Å². The van der Waals surface area contributed by atoms with Crippen LogP contribution in [0.1, 0.15) is 13.8 Å². The topological polar surface area (TPSA) is 105 Å². The lowest BCUT2D eigenvalue weighted by Gasteiger charge is -2.08. The molecule has 0 saturated heterocycles. The average molecular weight is 444 g/mol. The van der Waals surface area contributed by atoms with E-state index >= 15 is 0 Å². The van der Waals surface area contributed by atoms with Gasteiger partial charge in [-0.2, -0.15) is 0 Å². The molecule has 3 aromatic rings. The zero-order valence-electron chi connectivity index (χ0n) is 16.4. The molecule has 0 fully saturated rings. The molecule has 0 unspecified atom stereocenters. The number of thioether (sulfide) groups is 1. The summed E-state index contributed by atoms with van der Waals surface area (Å²) in [6.45, 7) is 3.64. The Morgan fingerprint density at radius 1 is 1.03 bits per heavy atom. The van der Waals surface area contributed by atoms with Crippen molar-refractivity contribution in [3.05, 3.63) is 54.6 Å². The lowest BCUT2D eigenvalue weighted by molar-refractivity contribution is -0.117. The third kappa shape index (κ3) is 7.05. The van der Waals surface area contributed by atoms with Gasteiger partial charge in [0, 0.05) is 11.7 Å². The second kappa shape index (κ2) is 10.6. The van der Waals surface area contributed by atoms with E-state index in [0.717, 1.165) is 17.2 Å². The predicted octanol–water partition coefficient (Wildman–Crippen LogP) is 4.40. The smallest absolute Gasteiger partial charge is 0.321 e. The van der Waals surface area contributed by atoms with Crippen molar-refractivity contribution < 1.29 is 14.3 Å². The molecule has 0 saturated carbocycles. The number of hydrogen-bond donors (Lipinski definition) is 3. The van der Waals surface area contributed by atoms with E-state index in [-0.39, 0.29) is 11.8 Å². The van der Waals surface area contributed by atoms with E-state index in [2.05, 4.69) is 26.1 Å². The lowest BCUT2D eigenvalue weighted by Crippen LogP contribution is -2.43. The fourth-order valence-corrected chi connectivity index (χ4v) is 3.83. The Labute approximate surface area is 182 Å². The number of nitrogens with one attached hydrogen (secondary N) is 3. The molecule has 3 amide bonds. The van der Waals surface area contributed by atoms with Gasteiger partial charge >= 0.3 is 6.03 Å². The third-order valence-electron chi connectivity index (χ3n) is 3.49. The molecule has 30 heavy (non-hydrogen) atoms. The Hall–Kier alpha value is -3.11. The first kappa shape index (κ1) is 21.6. The number of urea groups is 1. The molecule has 0 radical (unpaired) electrons. The number of ether oxygens (including phenoxy) is 1. The van der Waals surface area contributed by atoms with E-state index in [1.807, 2.05) is 68.4 Å². The summed E-state index contributed by atoms with van der Waals surface area (Å²) in [6, 6.07) is 16.5. The van der Waals surface area contributed by atoms with Gasteiger partial charge in [0.15, 0.2) is 4.34 Å². The molecule has 8 nitrogen and oxygen atoms in total. The van der Waals surface area contributed by atoms with Gasteiger partial charge in [0.1, 0.15) is 11.5 Å². The van der Waals surface area contributed by atoms with Crippen molar-refractivity contribution in [2.24, 2.45) is 0 Å². The zero-order chi connectivity index (χ0) is 21.3. The summed E-state index contributed by atoms with van der Waals surface area (Å²) in [5.41, 5.74) is 0.839. The maximum Gasteiger partial charge on any atom is 0.321 e. The van der Waals surface area contributed by atoms with Crippen LogP contribution in [-0.4, -0.2) is 33.9 Å². The normalized spacial score (nSPS) is 10.5. The molecule has 0 aliphatic heterocycles. The molecule has 0 aliphatic rings. The predicted molar refractivity (Wildman–Crippen MR) is 119 cm³/mol. The fourth-order valence-electron chi connectivity index (χ4n) is 2.26. The summed E-state index contributed by atoms with van der Waals surface area (Å²) < 4.78 is 6.39. The molecule has 10 heteroatoms. The number of carbonyl (C=O) groups is 2. The van der Waals surface area contributed by atoms with Crippen LogP contribution in [0.4, 0.5) is 15.6 Å². The van der Waals surface area contributed by atoms with Gasteiger partial charge in [-0.15, -0.1) is 10.2 Å². The summed E-state index contributed by atoms with van der Waals surface area (Å²) in [5.74, 6) is 1.19. The van der Waals surface area contributed by atoms with Gasteiger partial charge in [-0.1, -0.05) is 41.3 Å². The Bertz CT molecular complexity index is 978. The fraction of sp³-hybridized carbons (Fsp3) is 0.200. The molecule has 1 aromatic heterocycles. The second-order valence-corrected chi connectivity index (χ2v) is 8.60. The minimum absolute atomic E-state index is 0.0405. The Morgan fingerprint density at radius 2 is 1.73 bits per heavy atom. The molecule has 1 heterocycles. The van der Waals surface area contributed by atoms with Crippen LogP contribution >= 0.6 is 23.1 Å². The summed E-state index contributed by atoms with van der Waals surface area (Å²) in [5, 5.41) is 16.8. The van der Waals surface area contributed by atoms with Crippen molar-refractivity contribution in [1.29, 1.82) is 0 Å². The number of amides is 3. The van der Waals surface area contributed by atoms with Crippen molar-refractivity contribution in [2.45, 2.75) is 24.2 Å². The van der Waals surface area contributed by atoms with Crippen LogP contribution < -0.4 is 20.7 Å². The average Bonchev–Trinajstić information content (AvgIpc) is 3.15. The summed E-state index contributed by atoms with van der Waals surface area (Å²) in [4.78, 5) is 23.3. The van der Waals surface area contributed by atoms with Crippen LogP contribution in [0.25, 0.3) is 0 Å². The minimum atomic E-state index is -0.505. The van der Waals surface area contributed by atoms with E-state index in [1.54, 1.807) is 0 Å². The SMILES string of the molecule is CC(C)NC(=O)NC(=O)CSc1nnc(Nc2ccc(Oc3ccccc3)cc2)s1. The molecular formula is C20H21N5O3S2. The number of nitrogens with zero attached hydrogens (tertiary/aromatic N) is 2. The van der Waals surface area contributed by atoms with Gasteiger partial charge in [-0.25, -0.2) is 4.79 Å². The van der Waals surface area contributed by atoms with Gasteiger partial charge in [-0.3, -0.25) is 10.1 Å². The molecule has 0 aliphatic carbocycles. The van der Waals surface area contributed by atoms with E-state index in [9.17, 15) is 9.59 Å². The van der Waals surface area contributed by atoms with Crippen LogP contribution in [0.3, 0.4) is 0 Å². The molecular weight excluding hydrogens is 422 g/mol. The van der Waals surface area contributed by atoms with Crippen molar-refractivity contribution in [3.63, 3.8) is 0 Å². The summed E-state index contributed by atoms with van der Waals surface area (Å²) >= 11 is 2.54. The van der Waals surface area contributed by atoms with Crippen molar-refractivity contribution in [2.75, 3.05) is 11.1 Å². The molecule has 3 N–H and O–H groups in total. The van der Waals surface area contributed by atoms with Crippen LogP contribution in [0.2, 0.25) is 0 Å². The van der Waals surface area contributed by atoms with Crippen LogP contribution in [-0.2, 0) is 4.79 Å². The highest BCUT2D eigenvalue weighted by molar-refractivity contribution is 8.01. The van der Waals surface area contributed by atoms with Gasteiger partial charge in [0.05, 0.1) is 5.75 Å². The number of imide groups is 1. The first-order valence-electron chi connectivity index (χ1n) is 9.14. The molecule has 156 valence electrons. The van der Waals surface area contributed by atoms with E-state index in [4.69, 9.17) is 4.74 Å². The Balaban J connectivity index is 1.47. The highest BCUT2D eigenvalue weighted by Gasteiger charge is 2.11. The highest BCUT2D eigenvalue weighted by atomic mass is 32.2. The quantitative estimate of drug-likeness (QED) is 0.443. The van der Waals surface area contributed by atoms with E-state index < -0.39 is 11.9 Å². The monoisotopic (exact) mass is 443 g/mol. The molecule has 3 rings (SSSR count). The first-order chi connectivity index (χ1) is 14.5. The number of anilines is 2. The number of rotatable bonds is 8. The van der Waals surface area contributed by atoms with Crippen molar-refractivity contribution in [1.82, 2.24) is 20.8 Å². The van der Waals surface area contributed by atoms with Gasteiger partial charge in [-0.05, 0) is 50.2 Å². The van der Waals surface area contributed by atoms with Crippen LogP contribution in [0, 0.1) is 0 Å². The van der Waals surface area contributed by atoms with Crippen LogP contribution in [0.5, 0.6) is 11.5 Å². The second-order valence-electron chi connectivity index (χ2n) is 6.40.